The smallest absolute Gasteiger partial charge is 0.416 e. The molecule has 1 amide bonds. The van der Waals surface area contributed by atoms with Crippen LogP contribution in [0.3, 0.4) is 0 Å². The van der Waals surface area contributed by atoms with Gasteiger partial charge in [-0.1, -0.05) is 29.8 Å². The molecule has 0 bridgehead atoms. The molecule has 1 atom stereocenters. The Kier molecular flexibility index (Phi) is 8.49. The first-order valence-electron chi connectivity index (χ1n) is 10.9. The van der Waals surface area contributed by atoms with Crippen LogP contribution in [0.2, 0.25) is 5.02 Å². The number of hydrogen-bond donors (Lipinski definition) is 1. The SMILES string of the molecule is CCN(c1ccccc1)S(=O)(=O)c1ccc(C(=O)O[C@H](C)C(=O)Nc2cc(C(F)(F)F)ccc2Cl)cc1. The van der Waals surface area contributed by atoms with Crippen molar-refractivity contribution in [1.82, 2.24) is 0 Å². The lowest BCUT2D eigenvalue weighted by Crippen LogP contribution is -2.31. The van der Waals surface area contributed by atoms with Crippen LogP contribution in [0, 0.1) is 0 Å². The summed E-state index contributed by atoms with van der Waals surface area (Å²) >= 11 is 5.88. The van der Waals surface area contributed by atoms with E-state index in [0.717, 1.165) is 12.1 Å². The Balaban J connectivity index is 1.70. The van der Waals surface area contributed by atoms with E-state index in [2.05, 4.69) is 5.32 Å². The largest absolute Gasteiger partial charge is 0.449 e. The molecule has 12 heteroatoms. The zero-order valence-electron chi connectivity index (χ0n) is 19.6. The maximum Gasteiger partial charge on any atom is 0.416 e. The van der Waals surface area contributed by atoms with Gasteiger partial charge in [-0.05, 0) is 68.4 Å². The van der Waals surface area contributed by atoms with Crippen molar-refractivity contribution in [2.45, 2.75) is 31.0 Å². The van der Waals surface area contributed by atoms with E-state index in [4.69, 9.17) is 16.3 Å². The summed E-state index contributed by atoms with van der Waals surface area (Å²) < 4.78 is 71.3. The number of nitrogens with one attached hydrogen (secondary N) is 1. The molecule has 7 nitrogen and oxygen atoms in total. The summed E-state index contributed by atoms with van der Waals surface area (Å²) in [5.41, 5.74) is -0.855. The summed E-state index contributed by atoms with van der Waals surface area (Å²) in [4.78, 5) is 24.9. The lowest BCUT2D eigenvalue weighted by atomic mass is 10.2. The minimum absolute atomic E-state index is 0.0292. The van der Waals surface area contributed by atoms with Crippen molar-refractivity contribution in [3.8, 4) is 0 Å². The lowest BCUT2D eigenvalue weighted by molar-refractivity contribution is -0.137. The van der Waals surface area contributed by atoms with Gasteiger partial charge in [-0.15, -0.1) is 0 Å². The molecule has 0 saturated heterocycles. The van der Waals surface area contributed by atoms with Crippen LogP contribution in [0.5, 0.6) is 0 Å². The van der Waals surface area contributed by atoms with Crippen molar-refractivity contribution in [3.63, 3.8) is 0 Å². The molecule has 196 valence electrons. The number of alkyl halides is 3. The van der Waals surface area contributed by atoms with Crippen LogP contribution in [0.15, 0.2) is 77.7 Å². The standard InChI is InChI=1S/C25H22ClF3N2O5S/c1-3-31(19-7-5-4-6-8-19)37(34,35)20-12-9-17(10-13-20)24(33)36-16(2)23(32)30-22-15-18(25(27,28)29)11-14-21(22)26/h4-16H,3H2,1-2H3,(H,30,32)/t16-/m1/s1. The minimum Gasteiger partial charge on any atom is -0.449 e. The fourth-order valence-electron chi connectivity index (χ4n) is 3.29. The number of ether oxygens (including phenoxy) is 1. The number of sulfonamides is 1. The molecule has 0 unspecified atom stereocenters. The van der Waals surface area contributed by atoms with Gasteiger partial charge in [0.15, 0.2) is 6.10 Å². The molecule has 0 aliphatic rings. The van der Waals surface area contributed by atoms with E-state index >= 15 is 0 Å². The van der Waals surface area contributed by atoms with E-state index in [9.17, 15) is 31.2 Å². The van der Waals surface area contributed by atoms with Gasteiger partial charge in [-0.3, -0.25) is 9.10 Å². The maximum atomic E-state index is 13.1. The third-order valence-electron chi connectivity index (χ3n) is 5.21. The summed E-state index contributed by atoms with van der Waals surface area (Å²) in [5, 5.41) is 2.08. The highest BCUT2D eigenvalue weighted by Crippen LogP contribution is 2.34. The molecule has 0 aliphatic heterocycles. The van der Waals surface area contributed by atoms with E-state index in [1.165, 1.54) is 35.5 Å². The normalized spacial score (nSPS) is 12.5. The van der Waals surface area contributed by atoms with Crippen LogP contribution in [-0.4, -0.2) is 32.9 Å². The van der Waals surface area contributed by atoms with Crippen molar-refractivity contribution in [2.75, 3.05) is 16.2 Å². The molecule has 0 saturated carbocycles. The van der Waals surface area contributed by atoms with Crippen molar-refractivity contribution >= 4 is 44.9 Å². The van der Waals surface area contributed by atoms with E-state index in [1.54, 1.807) is 37.3 Å². The monoisotopic (exact) mass is 554 g/mol. The summed E-state index contributed by atoms with van der Waals surface area (Å²) in [6.07, 6.45) is -6.04. The number of hydrogen-bond acceptors (Lipinski definition) is 5. The number of para-hydroxylation sites is 1. The number of carbonyl (C=O) groups is 2. The van der Waals surface area contributed by atoms with Gasteiger partial charge in [-0.2, -0.15) is 13.2 Å². The molecule has 0 aromatic heterocycles. The van der Waals surface area contributed by atoms with Gasteiger partial charge in [0.05, 0.1) is 32.4 Å². The van der Waals surface area contributed by atoms with Gasteiger partial charge in [-0.25, -0.2) is 13.2 Å². The number of benzene rings is 3. The Labute approximate surface area is 216 Å². The predicted octanol–water partition coefficient (Wildman–Crippen LogP) is 5.76. The second kappa shape index (κ2) is 11.2. The highest BCUT2D eigenvalue weighted by molar-refractivity contribution is 7.92. The van der Waals surface area contributed by atoms with Crippen LogP contribution in [0.1, 0.15) is 29.8 Å². The van der Waals surface area contributed by atoms with Crippen molar-refractivity contribution in [1.29, 1.82) is 0 Å². The van der Waals surface area contributed by atoms with Gasteiger partial charge in [0.2, 0.25) is 0 Å². The highest BCUT2D eigenvalue weighted by Gasteiger charge is 2.31. The van der Waals surface area contributed by atoms with E-state index in [0.29, 0.717) is 11.8 Å². The molecule has 3 rings (SSSR count). The molecule has 1 N–H and O–H groups in total. The number of nitrogens with zero attached hydrogens (tertiary/aromatic N) is 1. The lowest BCUT2D eigenvalue weighted by Gasteiger charge is -2.23. The second-order valence-corrected chi connectivity index (χ2v) is 10.0. The predicted molar refractivity (Wildman–Crippen MR) is 133 cm³/mol. The van der Waals surface area contributed by atoms with E-state index < -0.39 is 39.7 Å². The van der Waals surface area contributed by atoms with Gasteiger partial charge in [0.25, 0.3) is 15.9 Å². The maximum absolute atomic E-state index is 13.1. The molecule has 0 fully saturated rings. The summed E-state index contributed by atoms with van der Waals surface area (Å²) in [7, 11) is -3.91. The Morgan fingerprint density at radius 1 is 1.03 bits per heavy atom. The third-order valence-corrected chi connectivity index (χ3v) is 7.46. The van der Waals surface area contributed by atoms with Crippen molar-refractivity contribution in [3.05, 3.63) is 88.9 Å². The fraction of sp³-hybridized carbons (Fsp3) is 0.200. The van der Waals surface area contributed by atoms with E-state index in [-0.39, 0.29) is 27.7 Å². The Hall–Kier alpha value is -3.57. The highest BCUT2D eigenvalue weighted by atomic mass is 35.5. The zero-order chi connectivity index (χ0) is 27.4. The van der Waals surface area contributed by atoms with Crippen LogP contribution in [-0.2, 0) is 25.7 Å². The van der Waals surface area contributed by atoms with Crippen molar-refractivity contribution in [2.24, 2.45) is 0 Å². The first-order valence-corrected chi connectivity index (χ1v) is 12.7. The summed E-state index contributed by atoms with van der Waals surface area (Å²) in [6.45, 7) is 3.10. The number of halogens is 4. The summed E-state index contributed by atoms with van der Waals surface area (Å²) in [5.74, 6) is -1.84. The quantitative estimate of drug-likeness (QED) is 0.358. The molecule has 0 aliphatic carbocycles. The average Bonchev–Trinajstić information content (AvgIpc) is 2.85. The number of amides is 1. The molecule has 0 radical (unpaired) electrons. The Morgan fingerprint density at radius 2 is 1.65 bits per heavy atom. The molecular weight excluding hydrogens is 533 g/mol. The second-order valence-electron chi connectivity index (χ2n) is 7.76. The molecule has 37 heavy (non-hydrogen) atoms. The summed E-state index contributed by atoms with van der Waals surface area (Å²) in [6, 6.07) is 15.9. The van der Waals surface area contributed by atoms with Gasteiger partial charge >= 0.3 is 12.1 Å². The van der Waals surface area contributed by atoms with Gasteiger partial charge in [0, 0.05) is 6.54 Å². The average molecular weight is 555 g/mol. The van der Waals surface area contributed by atoms with Gasteiger partial charge < -0.3 is 10.1 Å². The van der Waals surface area contributed by atoms with Crippen molar-refractivity contribution < 1.29 is 35.9 Å². The molecule has 3 aromatic rings. The third kappa shape index (κ3) is 6.60. The first kappa shape index (κ1) is 28.0. The van der Waals surface area contributed by atoms with E-state index in [1.807, 2.05) is 0 Å². The molecule has 0 heterocycles. The Bertz CT molecular complexity index is 1380. The Morgan fingerprint density at radius 3 is 2.22 bits per heavy atom. The van der Waals surface area contributed by atoms with Crippen LogP contribution >= 0.6 is 11.6 Å². The number of rotatable bonds is 8. The molecule has 3 aromatic carbocycles. The molecular formula is C25H22ClF3N2O5S. The van der Waals surface area contributed by atoms with Crippen LogP contribution in [0.25, 0.3) is 0 Å². The minimum atomic E-state index is -4.64. The number of carbonyl (C=O) groups excluding carboxylic acids is 2. The fourth-order valence-corrected chi connectivity index (χ4v) is 4.93. The number of anilines is 2. The van der Waals surface area contributed by atoms with Crippen LogP contribution in [0.4, 0.5) is 24.5 Å². The molecule has 0 spiro atoms. The topological polar surface area (TPSA) is 92.8 Å². The van der Waals surface area contributed by atoms with Gasteiger partial charge in [0.1, 0.15) is 0 Å². The zero-order valence-corrected chi connectivity index (χ0v) is 21.2. The first-order chi connectivity index (χ1) is 17.3. The number of esters is 1. The van der Waals surface area contributed by atoms with Crippen LogP contribution < -0.4 is 9.62 Å².